The predicted octanol–water partition coefficient (Wildman–Crippen LogP) is 19.0. The highest BCUT2D eigenvalue weighted by Gasteiger charge is 2.26. The van der Waals surface area contributed by atoms with Crippen molar-refractivity contribution in [2.75, 3.05) is 26.4 Å². The molecule has 0 aliphatic carbocycles. The highest BCUT2D eigenvalue weighted by molar-refractivity contribution is 7.47. The van der Waals surface area contributed by atoms with Gasteiger partial charge in [0.15, 0.2) is 6.10 Å². The summed E-state index contributed by atoms with van der Waals surface area (Å²) in [6, 6.07) is 0. The van der Waals surface area contributed by atoms with Gasteiger partial charge in [0.25, 0.3) is 0 Å². The van der Waals surface area contributed by atoms with Crippen LogP contribution in [-0.2, 0) is 32.7 Å². The summed E-state index contributed by atoms with van der Waals surface area (Å²) in [5.74, 6) is -0.854. The second-order valence-corrected chi connectivity index (χ2v) is 20.6. The number of hydrogen-bond donors (Lipinski definition) is 2. The molecule has 0 saturated carbocycles. The van der Waals surface area contributed by atoms with Crippen molar-refractivity contribution in [1.29, 1.82) is 0 Å². The topological polar surface area (TPSA) is 134 Å². The van der Waals surface area contributed by atoms with Gasteiger partial charge in [-0.15, -0.1) is 0 Å². The van der Waals surface area contributed by atoms with Crippen LogP contribution < -0.4 is 5.73 Å². The molecule has 0 bridgehead atoms. The summed E-state index contributed by atoms with van der Waals surface area (Å²) in [5.41, 5.74) is 5.37. The minimum Gasteiger partial charge on any atom is -0.462 e. The van der Waals surface area contributed by atoms with Gasteiger partial charge in [0.05, 0.1) is 13.2 Å². The van der Waals surface area contributed by atoms with Crippen LogP contribution in [0.5, 0.6) is 0 Å². The number of ether oxygens (including phenoxy) is 2. The van der Waals surface area contributed by atoms with Crippen molar-refractivity contribution in [3.63, 3.8) is 0 Å². The number of carbonyl (C=O) groups is 2. The van der Waals surface area contributed by atoms with E-state index in [0.29, 0.717) is 12.8 Å². The van der Waals surface area contributed by atoms with Crippen molar-refractivity contribution >= 4 is 19.8 Å². The average Bonchev–Trinajstić information content (AvgIpc) is 3.40. The third-order valence-electron chi connectivity index (χ3n) is 12.0. The van der Waals surface area contributed by atoms with Crippen LogP contribution in [0.25, 0.3) is 0 Å². The highest BCUT2D eigenvalue weighted by atomic mass is 31.2. The van der Waals surface area contributed by atoms with Crippen LogP contribution in [0.4, 0.5) is 0 Å². The lowest BCUT2D eigenvalue weighted by Crippen LogP contribution is -2.29. The first-order valence-electron chi connectivity index (χ1n) is 29.7. The maximum Gasteiger partial charge on any atom is 0.472 e. The smallest absolute Gasteiger partial charge is 0.462 e. The van der Waals surface area contributed by atoms with Crippen molar-refractivity contribution in [1.82, 2.24) is 0 Å². The minimum absolute atomic E-state index is 0.0451. The largest absolute Gasteiger partial charge is 0.472 e. The molecule has 0 saturated heterocycles. The maximum atomic E-state index is 12.7. The SMILES string of the molecule is CC/C=C\C/C=C\C/C=C\C/C=C\C/C=C\C/C=C\C/C=C\C/C=C\C/C=C\CCCCCCCCCCCCCC(=O)OC(COC(=O)CCCCCCC/C=C\C/C=C\CCCCC)COP(=O)(O)OCCN. The van der Waals surface area contributed by atoms with Gasteiger partial charge in [-0.3, -0.25) is 18.6 Å². The van der Waals surface area contributed by atoms with E-state index in [1.54, 1.807) is 0 Å². The van der Waals surface area contributed by atoms with E-state index in [1.807, 2.05) is 0 Å². The zero-order valence-electron chi connectivity index (χ0n) is 47.5. The summed E-state index contributed by atoms with van der Waals surface area (Å²) in [6.45, 7) is 3.57. The summed E-state index contributed by atoms with van der Waals surface area (Å²) in [6.07, 6.45) is 83.7. The summed E-state index contributed by atoms with van der Waals surface area (Å²) in [7, 11) is -4.40. The molecule has 0 spiro atoms. The van der Waals surface area contributed by atoms with E-state index in [4.69, 9.17) is 24.3 Å². The molecule has 75 heavy (non-hydrogen) atoms. The third kappa shape index (κ3) is 59.3. The lowest BCUT2D eigenvalue weighted by molar-refractivity contribution is -0.161. The van der Waals surface area contributed by atoms with Gasteiger partial charge in [0.1, 0.15) is 6.61 Å². The molecule has 0 aliphatic heterocycles. The zero-order valence-corrected chi connectivity index (χ0v) is 48.4. The van der Waals surface area contributed by atoms with Crippen LogP contribution in [0, 0.1) is 0 Å². The summed E-state index contributed by atoms with van der Waals surface area (Å²) in [4.78, 5) is 35.1. The molecule has 2 atom stereocenters. The Balaban J connectivity index is 3.96. The van der Waals surface area contributed by atoms with Crippen molar-refractivity contribution in [2.45, 2.75) is 238 Å². The number of carbonyl (C=O) groups excluding carboxylic acids is 2. The van der Waals surface area contributed by atoms with E-state index in [9.17, 15) is 19.0 Å². The number of allylic oxidation sites excluding steroid dienone is 22. The lowest BCUT2D eigenvalue weighted by atomic mass is 10.0. The van der Waals surface area contributed by atoms with Crippen LogP contribution in [0.2, 0.25) is 0 Å². The second-order valence-electron chi connectivity index (χ2n) is 19.1. The normalized spacial score (nSPS) is 14.0. The Morgan fingerprint density at radius 1 is 0.413 bits per heavy atom. The van der Waals surface area contributed by atoms with Crippen LogP contribution in [-0.4, -0.2) is 49.3 Å². The Morgan fingerprint density at radius 2 is 0.733 bits per heavy atom. The molecule has 0 fully saturated rings. The van der Waals surface area contributed by atoms with Crippen LogP contribution in [0.3, 0.4) is 0 Å². The first-order chi connectivity index (χ1) is 36.8. The van der Waals surface area contributed by atoms with Crippen molar-refractivity contribution in [2.24, 2.45) is 5.73 Å². The Hall–Kier alpha value is -3.85. The van der Waals surface area contributed by atoms with E-state index in [2.05, 4.69) is 148 Å². The van der Waals surface area contributed by atoms with Crippen LogP contribution in [0.1, 0.15) is 232 Å². The molecule has 3 N–H and O–H groups in total. The number of esters is 2. The summed E-state index contributed by atoms with van der Waals surface area (Å²) in [5, 5.41) is 0. The molecular formula is C65H108NO8P. The summed E-state index contributed by atoms with van der Waals surface area (Å²) >= 11 is 0. The van der Waals surface area contributed by atoms with Gasteiger partial charge in [-0.25, -0.2) is 4.57 Å². The van der Waals surface area contributed by atoms with Crippen LogP contribution >= 0.6 is 7.82 Å². The molecule has 426 valence electrons. The van der Waals surface area contributed by atoms with Crippen molar-refractivity contribution < 1.29 is 37.6 Å². The molecule has 0 aliphatic rings. The lowest BCUT2D eigenvalue weighted by Gasteiger charge is -2.19. The number of unbranched alkanes of at least 4 members (excludes halogenated alkanes) is 19. The van der Waals surface area contributed by atoms with Gasteiger partial charge in [-0.1, -0.05) is 237 Å². The fraction of sp³-hybridized carbons (Fsp3) is 0.631. The first kappa shape index (κ1) is 71.2. The Labute approximate surface area is 459 Å². The van der Waals surface area contributed by atoms with Gasteiger partial charge >= 0.3 is 19.8 Å². The monoisotopic (exact) mass is 1060 g/mol. The quantitative estimate of drug-likeness (QED) is 0.0264. The average molecular weight is 1060 g/mol. The second kappa shape index (κ2) is 59.4. The molecule has 2 unspecified atom stereocenters. The fourth-order valence-corrected chi connectivity index (χ4v) is 8.42. The van der Waals surface area contributed by atoms with E-state index < -0.39 is 32.5 Å². The standard InChI is InChI=1S/C65H108NO8P/c1-3-5-7-9-11-13-15-17-19-20-21-22-23-24-25-26-27-28-29-30-31-32-33-34-35-36-37-38-39-40-41-42-44-46-48-50-52-54-56-58-65(68)74-63(62-73-75(69,70)72-60-59-66)61-71-64(67)57-55-53-51-49-47-45-43-18-16-14-12-10-8-6-4-2/h5,7,11-14,17-19,21-22,24-25,27-28,30-31,33-34,36-37,43,63H,3-4,6,8-10,15-16,20,23,26,29,32,35,38-42,44-62,66H2,1-2H3,(H,69,70)/b7-5-,13-11-,14-12-,19-17-,22-21-,25-24-,28-27-,31-30-,34-33-,37-36-,43-18-. The molecule has 0 aromatic rings. The highest BCUT2D eigenvalue weighted by Crippen LogP contribution is 2.43. The Bertz CT molecular complexity index is 1680. The van der Waals surface area contributed by atoms with E-state index >= 15 is 0 Å². The number of phosphoric acid groups is 1. The minimum atomic E-state index is -4.40. The molecule has 0 amide bonds. The van der Waals surface area contributed by atoms with E-state index in [-0.39, 0.29) is 32.6 Å². The molecule has 0 aromatic heterocycles. The van der Waals surface area contributed by atoms with Gasteiger partial charge in [0, 0.05) is 19.4 Å². The van der Waals surface area contributed by atoms with E-state index in [1.165, 1.54) is 70.6 Å². The Morgan fingerprint density at radius 3 is 1.09 bits per heavy atom. The van der Waals surface area contributed by atoms with Gasteiger partial charge in [-0.05, 0) is 116 Å². The van der Waals surface area contributed by atoms with Crippen molar-refractivity contribution in [3.05, 3.63) is 134 Å². The number of nitrogens with two attached hydrogens (primary N) is 1. The maximum absolute atomic E-state index is 12.7. The Kier molecular flexibility index (Phi) is 56.3. The van der Waals surface area contributed by atoms with Gasteiger partial charge in [-0.2, -0.15) is 0 Å². The molecule has 0 aromatic carbocycles. The number of phosphoric ester groups is 1. The molecule has 0 radical (unpaired) electrons. The molecule has 10 heteroatoms. The predicted molar refractivity (Wildman–Crippen MR) is 320 cm³/mol. The molecule has 0 rings (SSSR count). The van der Waals surface area contributed by atoms with E-state index in [0.717, 1.165) is 122 Å². The number of rotatable bonds is 54. The molecule has 0 heterocycles. The van der Waals surface area contributed by atoms with Crippen LogP contribution in [0.15, 0.2) is 134 Å². The zero-order chi connectivity index (χ0) is 54.5. The van der Waals surface area contributed by atoms with Gasteiger partial charge < -0.3 is 20.1 Å². The van der Waals surface area contributed by atoms with Gasteiger partial charge in [0.2, 0.25) is 0 Å². The molecule has 9 nitrogen and oxygen atoms in total. The number of hydrogen-bond acceptors (Lipinski definition) is 8. The third-order valence-corrected chi connectivity index (χ3v) is 13.0. The first-order valence-corrected chi connectivity index (χ1v) is 31.2. The van der Waals surface area contributed by atoms with Crippen molar-refractivity contribution in [3.8, 4) is 0 Å². The fourth-order valence-electron chi connectivity index (χ4n) is 7.66. The molecular weight excluding hydrogens is 954 g/mol. The summed E-state index contributed by atoms with van der Waals surface area (Å²) < 4.78 is 33.0.